The van der Waals surface area contributed by atoms with Gasteiger partial charge in [0.05, 0.1) is 11.4 Å². The Morgan fingerprint density at radius 3 is 2.33 bits per heavy atom. The first-order valence-corrected chi connectivity index (χ1v) is 9.31. The van der Waals surface area contributed by atoms with Crippen LogP contribution < -0.4 is 5.32 Å². The third-order valence-corrected chi connectivity index (χ3v) is 6.13. The van der Waals surface area contributed by atoms with Crippen molar-refractivity contribution in [2.24, 2.45) is 5.92 Å². The summed E-state index contributed by atoms with van der Waals surface area (Å²) in [5.41, 5.74) is 0. The monoisotopic (exact) mass is 353 g/mol. The van der Waals surface area contributed by atoms with E-state index < -0.39 is 10.0 Å². The maximum Gasteiger partial charge on any atom is 0.243 e. The zero-order valence-electron chi connectivity index (χ0n) is 13.9. The second-order valence-corrected chi connectivity index (χ2v) is 7.80. The minimum Gasteiger partial charge on any atom is -0.358 e. The van der Waals surface area contributed by atoms with Crippen molar-refractivity contribution in [2.45, 2.75) is 17.7 Å². The second-order valence-electron chi connectivity index (χ2n) is 5.86. The number of hydrogen-bond acceptors (Lipinski definition) is 4. The van der Waals surface area contributed by atoms with Crippen LogP contribution in [0.25, 0.3) is 0 Å². The molecule has 24 heavy (non-hydrogen) atoms. The SMILES string of the molecule is CNC(=O)CN(C)C(=O)C1CCN(S(=O)(=O)c2ccccc2)CC1. The lowest BCUT2D eigenvalue weighted by Gasteiger charge is -2.32. The van der Waals surface area contributed by atoms with E-state index in [1.807, 2.05) is 0 Å². The summed E-state index contributed by atoms with van der Waals surface area (Å²) < 4.78 is 26.5. The molecule has 1 aliphatic rings. The smallest absolute Gasteiger partial charge is 0.243 e. The summed E-state index contributed by atoms with van der Waals surface area (Å²) in [5.74, 6) is -0.591. The molecular formula is C16H23N3O4S. The summed E-state index contributed by atoms with van der Waals surface area (Å²) in [7, 11) is -0.401. The number of amides is 2. The van der Waals surface area contributed by atoms with Crippen molar-refractivity contribution in [3.05, 3.63) is 30.3 Å². The van der Waals surface area contributed by atoms with Gasteiger partial charge in [-0.25, -0.2) is 8.42 Å². The topological polar surface area (TPSA) is 86.8 Å². The fourth-order valence-electron chi connectivity index (χ4n) is 2.77. The van der Waals surface area contributed by atoms with Crippen molar-refractivity contribution in [1.82, 2.24) is 14.5 Å². The molecule has 7 nitrogen and oxygen atoms in total. The van der Waals surface area contributed by atoms with E-state index in [0.717, 1.165) is 0 Å². The van der Waals surface area contributed by atoms with Gasteiger partial charge in [0.1, 0.15) is 0 Å². The second kappa shape index (κ2) is 7.76. The highest BCUT2D eigenvalue weighted by molar-refractivity contribution is 7.89. The molecule has 0 aromatic heterocycles. The zero-order valence-corrected chi connectivity index (χ0v) is 14.8. The molecule has 0 radical (unpaired) electrons. The number of piperidine rings is 1. The van der Waals surface area contributed by atoms with Crippen LogP contribution in [0.1, 0.15) is 12.8 Å². The van der Waals surface area contributed by atoms with Gasteiger partial charge >= 0.3 is 0 Å². The minimum absolute atomic E-state index is 0.0118. The van der Waals surface area contributed by atoms with Gasteiger partial charge in [0, 0.05) is 33.1 Å². The maximum absolute atomic E-state index is 12.6. The van der Waals surface area contributed by atoms with Crippen LogP contribution in [0.2, 0.25) is 0 Å². The van der Waals surface area contributed by atoms with Gasteiger partial charge in [-0.1, -0.05) is 18.2 Å². The number of nitrogens with zero attached hydrogens (tertiary/aromatic N) is 2. The Kier molecular flexibility index (Phi) is 5.95. The first-order chi connectivity index (χ1) is 11.4. The van der Waals surface area contributed by atoms with Crippen LogP contribution in [0.4, 0.5) is 0 Å². The molecule has 1 saturated heterocycles. The lowest BCUT2D eigenvalue weighted by molar-refractivity contribution is -0.138. The van der Waals surface area contributed by atoms with E-state index in [1.165, 1.54) is 16.3 Å². The summed E-state index contributed by atoms with van der Waals surface area (Å²) in [6.45, 7) is 0.626. The number of carbonyl (C=O) groups is 2. The summed E-state index contributed by atoms with van der Waals surface area (Å²) >= 11 is 0. The Hall–Kier alpha value is -1.93. The molecule has 8 heteroatoms. The molecule has 1 aliphatic heterocycles. The van der Waals surface area contributed by atoms with Gasteiger partial charge in [-0.15, -0.1) is 0 Å². The first-order valence-electron chi connectivity index (χ1n) is 7.87. The Balaban J connectivity index is 1.96. The van der Waals surface area contributed by atoms with Crippen LogP contribution in [0.3, 0.4) is 0 Å². The third-order valence-electron chi connectivity index (χ3n) is 4.22. The van der Waals surface area contributed by atoms with Crippen molar-refractivity contribution < 1.29 is 18.0 Å². The van der Waals surface area contributed by atoms with Crippen molar-refractivity contribution in [1.29, 1.82) is 0 Å². The Morgan fingerprint density at radius 1 is 1.21 bits per heavy atom. The highest BCUT2D eigenvalue weighted by Crippen LogP contribution is 2.24. The van der Waals surface area contributed by atoms with Crippen LogP contribution in [-0.2, 0) is 19.6 Å². The zero-order chi connectivity index (χ0) is 17.7. The molecule has 1 aromatic carbocycles. The first kappa shape index (κ1) is 18.4. The standard InChI is InChI=1S/C16H23N3O4S/c1-17-15(20)12-18(2)16(21)13-8-10-19(11-9-13)24(22,23)14-6-4-3-5-7-14/h3-7,13H,8-12H2,1-2H3,(H,17,20). The predicted octanol–water partition coefficient (Wildman–Crippen LogP) is 0.292. The van der Waals surface area contributed by atoms with Gasteiger partial charge in [0.15, 0.2) is 0 Å². The summed E-state index contributed by atoms with van der Waals surface area (Å²) in [4.78, 5) is 25.4. The van der Waals surface area contributed by atoms with E-state index >= 15 is 0 Å². The van der Waals surface area contributed by atoms with Gasteiger partial charge in [-0.2, -0.15) is 4.31 Å². The fourth-order valence-corrected chi connectivity index (χ4v) is 4.26. The largest absolute Gasteiger partial charge is 0.358 e. The molecule has 1 N–H and O–H groups in total. The van der Waals surface area contributed by atoms with Crippen LogP contribution >= 0.6 is 0 Å². The van der Waals surface area contributed by atoms with E-state index in [2.05, 4.69) is 5.32 Å². The summed E-state index contributed by atoms with van der Waals surface area (Å²) in [5, 5.41) is 2.48. The number of likely N-dealkylation sites (N-methyl/N-ethyl adjacent to an activating group) is 2. The van der Waals surface area contributed by atoms with Gasteiger partial charge in [-0.3, -0.25) is 9.59 Å². The molecule has 0 atom stereocenters. The molecule has 1 aromatic rings. The average molecular weight is 353 g/mol. The highest BCUT2D eigenvalue weighted by Gasteiger charge is 2.33. The molecule has 1 fully saturated rings. The van der Waals surface area contributed by atoms with E-state index in [4.69, 9.17) is 0 Å². The maximum atomic E-state index is 12.6. The van der Waals surface area contributed by atoms with Crippen molar-refractivity contribution in [3.8, 4) is 0 Å². The number of carbonyl (C=O) groups excluding carboxylic acids is 2. The minimum atomic E-state index is -3.51. The van der Waals surface area contributed by atoms with Crippen molar-refractivity contribution >= 4 is 21.8 Å². The molecule has 2 amide bonds. The van der Waals surface area contributed by atoms with Crippen molar-refractivity contribution in [2.75, 3.05) is 33.7 Å². The van der Waals surface area contributed by atoms with E-state index in [0.29, 0.717) is 25.9 Å². The molecule has 0 aliphatic carbocycles. The molecular weight excluding hydrogens is 330 g/mol. The molecule has 2 rings (SSSR count). The molecule has 0 unspecified atom stereocenters. The van der Waals surface area contributed by atoms with Gasteiger partial charge in [-0.05, 0) is 25.0 Å². The molecule has 0 bridgehead atoms. The number of rotatable bonds is 5. The van der Waals surface area contributed by atoms with Crippen LogP contribution in [0, 0.1) is 5.92 Å². The lowest BCUT2D eigenvalue weighted by atomic mass is 9.97. The molecule has 0 saturated carbocycles. The normalized spacial score (nSPS) is 16.6. The van der Waals surface area contributed by atoms with E-state index in [1.54, 1.807) is 37.4 Å². The highest BCUT2D eigenvalue weighted by atomic mass is 32.2. The number of benzene rings is 1. The third kappa shape index (κ3) is 4.12. The predicted molar refractivity (Wildman–Crippen MR) is 89.6 cm³/mol. The lowest BCUT2D eigenvalue weighted by Crippen LogP contribution is -2.45. The van der Waals surface area contributed by atoms with Gasteiger partial charge in [0.25, 0.3) is 0 Å². The van der Waals surface area contributed by atoms with Crippen LogP contribution in [-0.4, -0.2) is 63.2 Å². The number of hydrogen-bond donors (Lipinski definition) is 1. The fraction of sp³-hybridized carbons (Fsp3) is 0.500. The quantitative estimate of drug-likeness (QED) is 0.824. The average Bonchev–Trinajstić information content (AvgIpc) is 2.61. The van der Waals surface area contributed by atoms with Crippen molar-refractivity contribution in [3.63, 3.8) is 0 Å². The Morgan fingerprint density at radius 2 is 1.79 bits per heavy atom. The van der Waals surface area contributed by atoms with Gasteiger partial charge in [0.2, 0.25) is 21.8 Å². The Bertz CT molecular complexity index is 683. The van der Waals surface area contributed by atoms with Crippen LogP contribution in [0.15, 0.2) is 35.2 Å². The summed E-state index contributed by atoms with van der Waals surface area (Å²) in [6.07, 6.45) is 0.923. The van der Waals surface area contributed by atoms with E-state index in [-0.39, 0.29) is 29.2 Å². The van der Waals surface area contributed by atoms with E-state index in [9.17, 15) is 18.0 Å². The Labute approximate surface area is 142 Å². The number of nitrogens with one attached hydrogen (secondary N) is 1. The number of sulfonamides is 1. The molecule has 1 heterocycles. The molecule has 132 valence electrons. The van der Waals surface area contributed by atoms with Crippen LogP contribution in [0.5, 0.6) is 0 Å². The molecule has 0 spiro atoms. The van der Waals surface area contributed by atoms with Gasteiger partial charge < -0.3 is 10.2 Å². The summed E-state index contributed by atoms with van der Waals surface area (Å²) in [6, 6.07) is 8.30.